The van der Waals surface area contributed by atoms with Gasteiger partial charge in [0.1, 0.15) is 0 Å². The summed E-state index contributed by atoms with van der Waals surface area (Å²) in [6, 6.07) is 0. The largest absolute Gasteiger partial charge is 1.00 e. The molecular weight excluding hydrogens is 292 g/mol. The summed E-state index contributed by atoms with van der Waals surface area (Å²) >= 11 is 0. The van der Waals surface area contributed by atoms with Crippen LogP contribution in [0.5, 0.6) is 0 Å². The van der Waals surface area contributed by atoms with Crippen molar-refractivity contribution in [2.75, 3.05) is 0 Å². The molecule has 0 aromatic heterocycles. The van der Waals surface area contributed by atoms with E-state index in [9.17, 15) is 0 Å². The second-order valence-corrected chi connectivity index (χ2v) is 19.6. The Bertz CT molecular complexity index is 238. The van der Waals surface area contributed by atoms with E-state index in [0.717, 1.165) is 0 Å². The monoisotopic (exact) mass is 318 g/mol. The third kappa shape index (κ3) is 5.48. The van der Waals surface area contributed by atoms with Gasteiger partial charge >= 0.3 is 31.4 Å². The van der Waals surface area contributed by atoms with E-state index >= 15 is 0 Å². The van der Waals surface area contributed by atoms with Crippen molar-refractivity contribution in [1.82, 2.24) is 0 Å². The molecule has 0 unspecified atom stereocenters. The van der Waals surface area contributed by atoms with E-state index in [1.165, 1.54) is 0 Å². The molecule has 0 spiro atoms. The molecule has 0 aromatic carbocycles. The van der Waals surface area contributed by atoms with E-state index in [1.807, 2.05) is 0 Å². The molecule has 0 aliphatic carbocycles. The van der Waals surface area contributed by atoms with Crippen molar-refractivity contribution in [2.24, 2.45) is 0 Å². The highest BCUT2D eigenvalue weighted by Crippen LogP contribution is 2.22. The molecule has 96 valence electrons. The maximum absolute atomic E-state index is 6.10. The van der Waals surface area contributed by atoms with Crippen LogP contribution in [-0.4, -0.2) is 45.7 Å². The van der Waals surface area contributed by atoms with Crippen LogP contribution in [0.25, 0.3) is 0 Å². The number of hydrogen-bond acceptors (Lipinski definition) is 5. The Labute approximate surface area is 112 Å². The highest BCUT2D eigenvalue weighted by atomic mass is 28.5. The van der Waals surface area contributed by atoms with Crippen LogP contribution in [0, 0.1) is 0 Å². The molecule has 1 saturated heterocycles. The molecular formula is C6H26O5Si5+4. The van der Waals surface area contributed by atoms with Crippen molar-refractivity contribution in [3.05, 3.63) is 0 Å². The molecule has 0 bridgehead atoms. The molecule has 0 atom stereocenters. The number of hydrogen-bond donors (Lipinski definition) is 0. The van der Waals surface area contributed by atoms with Gasteiger partial charge in [-0.2, -0.15) is 0 Å². The van der Waals surface area contributed by atoms with Crippen molar-refractivity contribution in [3.63, 3.8) is 0 Å². The van der Waals surface area contributed by atoms with Gasteiger partial charge in [0, 0.05) is 0 Å². The van der Waals surface area contributed by atoms with Gasteiger partial charge in [-0.1, -0.05) is 0 Å². The fourth-order valence-corrected chi connectivity index (χ4v) is 17.9. The zero-order chi connectivity index (χ0) is 12.4. The third-order valence-corrected chi connectivity index (χ3v) is 17.7. The van der Waals surface area contributed by atoms with Gasteiger partial charge in [-0.05, 0) is 39.3 Å². The summed E-state index contributed by atoms with van der Waals surface area (Å²) in [5, 5.41) is 0. The molecule has 0 saturated carbocycles. The van der Waals surface area contributed by atoms with Crippen molar-refractivity contribution in [1.29, 1.82) is 0 Å². The maximum Gasteiger partial charge on any atom is 1.00 e. The molecule has 1 aliphatic heterocycles. The minimum atomic E-state index is -2.14. The van der Waals surface area contributed by atoms with Crippen LogP contribution in [0.1, 0.15) is 5.71 Å². The van der Waals surface area contributed by atoms with Gasteiger partial charge in [-0.25, -0.2) is 0 Å². The van der Waals surface area contributed by atoms with Crippen LogP contribution in [0.15, 0.2) is 0 Å². The minimum absolute atomic E-state index is 0. The van der Waals surface area contributed by atoms with E-state index in [2.05, 4.69) is 39.3 Å². The fourth-order valence-electron chi connectivity index (χ4n) is 1.66. The molecule has 0 N–H and O–H groups in total. The first-order valence-corrected chi connectivity index (χ1v) is 16.1. The lowest BCUT2D eigenvalue weighted by atomic mass is 11.9. The first-order valence-electron chi connectivity index (χ1n) is 5.38. The van der Waals surface area contributed by atoms with Gasteiger partial charge in [-0.3, -0.25) is 0 Å². The molecule has 0 aromatic rings. The summed E-state index contributed by atoms with van der Waals surface area (Å²) < 4.78 is 29.2. The second-order valence-electron chi connectivity index (χ2n) is 5.13. The lowest BCUT2D eigenvalue weighted by Crippen LogP contribution is -2.56. The van der Waals surface area contributed by atoms with Gasteiger partial charge in [0.15, 0.2) is 0 Å². The Kier molecular flexibility index (Phi) is 4.91. The van der Waals surface area contributed by atoms with Gasteiger partial charge in [0.05, 0.1) is 0 Å². The van der Waals surface area contributed by atoms with Gasteiger partial charge in [0.25, 0.3) is 20.0 Å². The summed E-state index contributed by atoms with van der Waals surface area (Å²) in [4.78, 5) is 0. The lowest BCUT2D eigenvalue weighted by molar-refractivity contribution is 0.274. The fraction of sp³-hybridized carbons (Fsp3) is 1.00. The summed E-state index contributed by atoms with van der Waals surface area (Å²) in [5.74, 6) is 0. The van der Waals surface area contributed by atoms with E-state index < -0.39 is 45.7 Å². The first kappa shape index (κ1) is 14.9. The third-order valence-electron chi connectivity index (χ3n) is 1.96. The Balaban J connectivity index is -0.000000320. The lowest BCUT2D eigenvalue weighted by Gasteiger charge is -2.38. The predicted molar refractivity (Wildman–Crippen MR) is 79.4 cm³/mol. The zero-order valence-electron chi connectivity index (χ0n) is 15.0. The van der Waals surface area contributed by atoms with Crippen LogP contribution in [0.3, 0.4) is 0 Å². The minimum Gasteiger partial charge on any atom is -0.425 e. The summed E-state index contributed by atoms with van der Waals surface area (Å²) in [6.45, 7) is 12.4. The maximum atomic E-state index is 6.10. The molecule has 0 amide bonds. The quantitative estimate of drug-likeness (QED) is 0.613. The van der Waals surface area contributed by atoms with Crippen LogP contribution in [-0.2, 0) is 20.6 Å². The molecule has 16 heavy (non-hydrogen) atoms. The van der Waals surface area contributed by atoms with Crippen molar-refractivity contribution >= 4 is 45.7 Å². The van der Waals surface area contributed by atoms with Gasteiger partial charge in [-0.15, -0.1) is 0 Å². The van der Waals surface area contributed by atoms with E-state index in [0.29, 0.717) is 0 Å². The summed E-state index contributed by atoms with van der Waals surface area (Å²) in [7, 11) is -8.11. The average molecular weight is 319 g/mol. The van der Waals surface area contributed by atoms with Crippen LogP contribution < -0.4 is 0 Å². The van der Waals surface area contributed by atoms with Gasteiger partial charge < -0.3 is 20.6 Å². The average Bonchev–Trinajstić information content (AvgIpc) is 1.96. The zero-order valence-corrected chi connectivity index (χ0v) is 16.8. The summed E-state index contributed by atoms with van der Waals surface area (Å²) in [5.41, 5.74) is 0. The Hall–Kier alpha value is 0.884. The van der Waals surface area contributed by atoms with Crippen molar-refractivity contribution in [3.8, 4) is 0 Å². The molecule has 1 aliphatic rings. The normalized spacial score (nSPS) is 32.6. The standard InChI is InChI=1S/C6H22O5Si5/c1-14(2)8-12-7-13-9-15(3,4)11-16(5,6)10-14/h12-13H2,1-6H3/p+4. The highest BCUT2D eigenvalue weighted by Gasteiger charge is 2.42. The SMILES string of the molecule is C[Si]1(C)O[SiH2]O[SiH2]O[Si](C)(C)O[Si](C)(C)O1.[H+].[H+].[H+].[H+]. The molecule has 1 fully saturated rings. The van der Waals surface area contributed by atoms with Crippen molar-refractivity contribution in [2.45, 2.75) is 39.3 Å². The molecule has 1 rings (SSSR count). The van der Waals surface area contributed by atoms with E-state index in [1.54, 1.807) is 0 Å². The molecule has 5 nitrogen and oxygen atoms in total. The second kappa shape index (κ2) is 5.25. The van der Waals surface area contributed by atoms with E-state index in [4.69, 9.17) is 20.6 Å². The first-order chi connectivity index (χ1) is 7.12. The Morgan fingerprint density at radius 3 is 1.44 bits per heavy atom. The number of rotatable bonds is 0. The van der Waals surface area contributed by atoms with Crippen LogP contribution in [0.4, 0.5) is 0 Å². The van der Waals surface area contributed by atoms with Gasteiger partial charge in [0.2, 0.25) is 0 Å². The predicted octanol–water partition coefficient (Wildman–Crippen LogP) is 0.636. The Morgan fingerprint density at radius 2 is 1.06 bits per heavy atom. The smallest absolute Gasteiger partial charge is 0.425 e. The Morgan fingerprint density at radius 1 is 0.688 bits per heavy atom. The molecule has 10 heteroatoms. The molecule has 1 heterocycles. The molecule has 0 radical (unpaired) electrons. The topological polar surface area (TPSA) is 46.2 Å². The summed E-state index contributed by atoms with van der Waals surface area (Å²) in [6.07, 6.45) is 0. The van der Waals surface area contributed by atoms with E-state index in [-0.39, 0.29) is 5.71 Å². The van der Waals surface area contributed by atoms with Crippen molar-refractivity contribution < 1.29 is 26.3 Å². The van der Waals surface area contributed by atoms with Crippen LogP contribution in [0.2, 0.25) is 39.3 Å². The van der Waals surface area contributed by atoms with Crippen LogP contribution >= 0.6 is 0 Å². The highest BCUT2D eigenvalue weighted by molar-refractivity contribution is 6.86.